The highest BCUT2D eigenvalue weighted by Gasteiger charge is 2.36. The number of hydrogen-bond donors (Lipinski definition) is 0. The van der Waals surface area contributed by atoms with E-state index in [-0.39, 0.29) is 35.9 Å². The predicted molar refractivity (Wildman–Crippen MR) is 136 cm³/mol. The van der Waals surface area contributed by atoms with Crippen LogP contribution in [-0.2, 0) is 33.2 Å². The van der Waals surface area contributed by atoms with Gasteiger partial charge in [-0.3, -0.25) is 4.18 Å². The summed E-state index contributed by atoms with van der Waals surface area (Å²) in [5.74, 6) is -1.28. The molecule has 0 spiro atoms. The van der Waals surface area contributed by atoms with E-state index in [1.54, 1.807) is 24.3 Å². The highest BCUT2D eigenvalue weighted by atomic mass is 32.2. The maximum absolute atomic E-state index is 12.2. The Morgan fingerprint density at radius 1 is 0.917 bits per heavy atom. The lowest BCUT2D eigenvalue weighted by molar-refractivity contribution is -0.302. The summed E-state index contributed by atoms with van der Waals surface area (Å²) in [6.45, 7) is 13.8. The number of benzene rings is 1. The van der Waals surface area contributed by atoms with E-state index in [4.69, 9.17) is 28.7 Å². The van der Waals surface area contributed by atoms with Crippen molar-refractivity contribution >= 4 is 10.1 Å². The van der Waals surface area contributed by atoms with E-state index in [1.165, 1.54) is 0 Å². The van der Waals surface area contributed by atoms with E-state index in [2.05, 4.69) is 16.9 Å². The molecule has 4 atom stereocenters. The second-order valence-corrected chi connectivity index (χ2v) is 11.6. The van der Waals surface area contributed by atoms with Crippen molar-refractivity contribution in [1.82, 2.24) is 0 Å². The van der Waals surface area contributed by atoms with E-state index < -0.39 is 21.7 Å². The van der Waals surface area contributed by atoms with Crippen LogP contribution in [-0.4, -0.2) is 57.6 Å². The van der Waals surface area contributed by atoms with Gasteiger partial charge in [-0.05, 0) is 65.1 Å². The van der Waals surface area contributed by atoms with Crippen LogP contribution in [0.4, 0.5) is 0 Å². The van der Waals surface area contributed by atoms with E-state index in [0.717, 1.165) is 24.8 Å². The summed E-state index contributed by atoms with van der Waals surface area (Å²) in [4.78, 5) is 2.90. The van der Waals surface area contributed by atoms with Gasteiger partial charge in [0.2, 0.25) is 0 Å². The zero-order valence-corrected chi connectivity index (χ0v) is 23.3. The van der Waals surface area contributed by atoms with Gasteiger partial charge in [-0.2, -0.15) is 8.42 Å². The van der Waals surface area contributed by atoms with Gasteiger partial charge in [0.25, 0.3) is 10.1 Å². The molecule has 0 aromatic heterocycles. The Balaban J connectivity index is 0.000000281. The van der Waals surface area contributed by atoms with Crippen LogP contribution in [0.25, 0.3) is 10.4 Å². The quantitative estimate of drug-likeness (QED) is 0.185. The largest absolute Gasteiger partial charge is 0.347 e. The molecule has 2 fully saturated rings. The molecule has 0 aliphatic carbocycles. The topological polar surface area (TPSA) is 129 Å². The predicted octanol–water partition coefficient (Wildman–Crippen LogP) is 5.64. The molecule has 10 nitrogen and oxygen atoms in total. The molecule has 204 valence electrons. The molecule has 2 aliphatic rings. The first-order valence-corrected chi connectivity index (χ1v) is 13.9. The number of rotatable bonds is 8. The van der Waals surface area contributed by atoms with Gasteiger partial charge in [0, 0.05) is 17.8 Å². The molecule has 0 bridgehead atoms. The third-order valence-electron chi connectivity index (χ3n) is 5.83. The van der Waals surface area contributed by atoms with Gasteiger partial charge in [-0.1, -0.05) is 36.7 Å². The maximum Gasteiger partial charge on any atom is 0.297 e. The van der Waals surface area contributed by atoms with Crippen molar-refractivity contribution in [3.63, 3.8) is 0 Å². The summed E-state index contributed by atoms with van der Waals surface area (Å²) in [6.07, 6.45) is 3.20. The van der Waals surface area contributed by atoms with Crippen LogP contribution in [0.1, 0.15) is 72.8 Å². The molecule has 2 aliphatic heterocycles. The molecule has 36 heavy (non-hydrogen) atoms. The Labute approximate surface area is 215 Å². The third kappa shape index (κ3) is 9.97. The van der Waals surface area contributed by atoms with Gasteiger partial charge in [0.15, 0.2) is 11.6 Å². The standard InChI is InChI=1S/C16H24O5S.C9H17N3O2/c1-5-13-10-14(21-16(3,4)20-13)11-19-22(17,18)15-8-6-12(2)7-9-15;1-4-7-5-8(6-11-12-10)14-9(2,3)13-7/h6-9,13-14H,5,10-11H2,1-4H3;7-8H,4-6H2,1-3H3/t13-,14-;7-,8-/m11/s1. The molecule has 0 saturated carbocycles. The molecule has 0 radical (unpaired) electrons. The van der Waals surface area contributed by atoms with Crippen molar-refractivity contribution < 1.29 is 31.5 Å². The highest BCUT2D eigenvalue weighted by Crippen LogP contribution is 2.29. The lowest BCUT2D eigenvalue weighted by Gasteiger charge is -2.40. The van der Waals surface area contributed by atoms with Crippen molar-refractivity contribution in [1.29, 1.82) is 0 Å². The second kappa shape index (κ2) is 13.2. The molecular weight excluding hydrogens is 486 g/mol. The Bertz CT molecular complexity index is 976. The summed E-state index contributed by atoms with van der Waals surface area (Å²) >= 11 is 0. The van der Waals surface area contributed by atoms with Crippen LogP contribution < -0.4 is 0 Å². The zero-order valence-electron chi connectivity index (χ0n) is 22.5. The van der Waals surface area contributed by atoms with Crippen LogP contribution in [0.2, 0.25) is 0 Å². The average Bonchev–Trinajstić information content (AvgIpc) is 2.80. The average molecular weight is 528 g/mol. The molecule has 11 heteroatoms. The lowest BCUT2D eigenvalue weighted by atomic mass is 10.1. The molecule has 2 heterocycles. The first kappa shape index (κ1) is 30.5. The molecule has 0 unspecified atom stereocenters. The zero-order chi connectivity index (χ0) is 27.0. The summed E-state index contributed by atoms with van der Waals surface area (Å²) in [5.41, 5.74) is 9.22. The molecular formula is C25H41N3O7S. The van der Waals surface area contributed by atoms with Crippen molar-refractivity contribution in [2.45, 2.75) is 115 Å². The van der Waals surface area contributed by atoms with Crippen LogP contribution in [0, 0.1) is 6.92 Å². The summed E-state index contributed by atoms with van der Waals surface area (Å²) in [7, 11) is -3.76. The van der Waals surface area contributed by atoms with Crippen molar-refractivity contribution in [2.24, 2.45) is 5.11 Å². The molecule has 1 aromatic carbocycles. The molecule has 3 rings (SSSR count). The van der Waals surface area contributed by atoms with Gasteiger partial charge in [-0.25, -0.2) is 0 Å². The molecule has 0 amide bonds. The Hall–Kier alpha value is -1.72. The van der Waals surface area contributed by atoms with Gasteiger partial charge < -0.3 is 18.9 Å². The number of nitrogens with zero attached hydrogens (tertiary/aromatic N) is 3. The third-order valence-corrected chi connectivity index (χ3v) is 7.13. The number of ether oxygens (including phenoxy) is 4. The first-order valence-electron chi connectivity index (χ1n) is 12.5. The second-order valence-electron chi connectivity index (χ2n) is 10.0. The number of hydrogen-bond acceptors (Lipinski definition) is 8. The molecule has 2 saturated heterocycles. The smallest absolute Gasteiger partial charge is 0.297 e. The Kier molecular flexibility index (Phi) is 11.2. The number of azide groups is 1. The fourth-order valence-corrected chi connectivity index (χ4v) is 5.16. The fraction of sp³-hybridized carbons (Fsp3) is 0.760. The normalized spacial score (nSPS) is 27.3. The van der Waals surface area contributed by atoms with Crippen LogP contribution in [0.3, 0.4) is 0 Å². The van der Waals surface area contributed by atoms with Crippen molar-refractivity contribution in [2.75, 3.05) is 13.2 Å². The molecule has 1 aromatic rings. The molecule has 0 N–H and O–H groups in total. The van der Waals surface area contributed by atoms with Gasteiger partial charge in [-0.15, -0.1) is 0 Å². The van der Waals surface area contributed by atoms with Crippen LogP contribution in [0.15, 0.2) is 34.3 Å². The van der Waals surface area contributed by atoms with Gasteiger partial charge >= 0.3 is 0 Å². The van der Waals surface area contributed by atoms with Crippen molar-refractivity contribution in [3.05, 3.63) is 40.3 Å². The maximum atomic E-state index is 12.2. The summed E-state index contributed by atoms with van der Waals surface area (Å²) < 4.78 is 52.3. The fourth-order valence-electron chi connectivity index (χ4n) is 4.22. The minimum atomic E-state index is -3.76. The van der Waals surface area contributed by atoms with Crippen molar-refractivity contribution in [3.8, 4) is 0 Å². The van der Waals surface area contributed by atoms with Gasteiger partial charge in [0.05, 0.1) is 42.5 Å². The van der Waals surface area contributed by atoms with E-state index >= 15 is 0 Å². The van der Waals surface area contributed by atoms with Crippen LogP contribution in [0.5, 0.6) is 0 Å². The minimum absolute atomic E-state index is 0.000496. The highest BCUT2D eigenvalue weighted by molar-refractivity contribution is 7.86. The van der Waals surface area contributed by atoms with Gasteiger partial charge in [0.1, 0.15) is 0 Å². The van der Waals surface area contributed by atoms with E-state index in [0.29, 0.717) is 13.0 Å². The van der Waals surface area contributed by atoms with E-state index in [9.17, 15) is 8.42 Å². The van der Waals surface area contributed by atoms with E-state index in [1.807, 2.05) is 41.5 Å². The Morgan fingerprint density at radius 2 is 1.39 bits per heavy atom. The Morgan fingerprint density at radius 3 is 1.89 bits per heavy atom. The first-order chi connectivity index (χ1) is 16.8. The minimum Gasteiger partial charge on any atom is -0.347 e. The monoisotopic (exact) mass is 527 g/mol. The van der Waals surface area contributed by atoms with Crippen LogP contribution >= 0.6 is 0 Å². The summed E-state index contributed by atoms with van der Waals surface area (Å²) in [5, 5.41) is 3.53. The summed E-state index contributed by atoms with van der Waals surface area (Å²) in [6, 6.07) is 6.59. The lowest BCUT2D eigenvalue weighted by Crippen LogP contribution is -2.46. The SMILES string of the molecule is CC[C@@H]1C[C@H](CN=[N+]=[N-])OC(C)(C)O1.CC[C@@H]1C[C@H](COS(=O)(=O)c2ccc(C)cc2)OC(C)(C)O1. The number of aryl methyl sites for hydroxylation is 1.